The fraction of sp³-hybridized carbons (Fsp3) is 0.541. The van der Waals surface area contributed by atoms with Crippen molar-refractivity contribution in [2.45, 2.75) is 113 Å². The second-order valence-corrected chi connectivity index (χ2v) is 18.0. The lowest BCUT2D eigenvalue weighted by Crippen LogP contribution is -2.58. The predicted molar refractivity (Wildman–Crippen MR) is 197 cm³/mol. The quantitative estimate of drug-likeness (QED) is 0.285. The van der Waals surface area contributed by atoms with Crippen molar-refractivity contribution < 1.29 is 36.7 Å². The number of hydrogen-bond donors (Lipinski definition) is 3. The summed E-state index contributed by atoms with van der Waals surface area (Å²) in [5.41, 5.74) is 1.82. The lowest BCUT2D eigenvalue weighted by Gasteiger charge is -2.30. The zero-order valence-electron chi connectivity index (χ0n) is 30.4. The third-order valence-electron chi connectivity index (χ3n) is 11.0. The van der Waals surface area contributed by atoms with Crippen LogP contribution in [-0.4, -0.2) is 86.9 Å². The van der Waals surface area contributed by atoms with Crippen molar-refractivity contribution in [1.29, 1.82) is 0 Å². The Bertz CT molecular complexity index is 2140. The molecule has 0 radical (unpaired) electrons. The number of aromatic nitrogens is 3. The number of nitrogens with zero attached hydrogens (tertiary/aromatic N) is 4. The molecule has 1 saturated heterocycles. The maximum Gasteiger partial charge on any atom is 0.263 e. The lowest BCUT2D eigenvalue weighted by atomic mass is 10.0. The van der Waals surface area contributed by atoms with E-state index in [-0.39, 0.29) is 30.8 Å². The molecule has 14 nitrogen and oxygen atoms in total. The molecule has 2 aliphatic heterocycles. The van der Waals surface area contributed by atoms with Crippen LogP contribution in [0, 0.1) is 18.7 Å². The Morgan fingerprint density at radius 3 is 2.67 bits per heavy atom. The highest BCUT2D eigenvalue weighted by Gasteiger charge is 2.63. The van der Waals surface area contributed by atoms with Gasteiger partial charge in [0.05, 0.1) is 33.5 Å². The summed E-state index contributed by atoms with van der Waals surface area (Å²) >= 11 is 1.16. The highest BCUT2D eigenvalue weighted by Crippen LogP contribution is 2.47. The molecule has 0 unspecified atom stereocenters. The third kappa shape index (κ3) is 7.44. The van der Waals surface area contributed by atoms with E-state index in [9.17, 15) is 32.0 Å². The molecule has 2 saturated carbocycles. The Hall–Kier alpha value is -4.51. The molecule has 3 aromatic rings. The number of allylic oxidation sites excluding steroid dienone is 1. The van der Waals surface area contributed by atoms with Gasteiger partial charge in [0.2, 0.25) is 27.7 Å². The highest BCUT2D eigenvalue weighted by molar-refractivity contribution is 7.91. The molecule has 0 bridgehead atoms. The minimum absolute atomic E-state index is 0.00715. The van der Waals surface area contributed by atoms with Crippen LogP contribution in [0.2, 0.25) is 0 Å². The number of nitrogens with one attached hydrogen (secondary N) is 3. The summed E-state index contributed by atoms with van der Waals surface area (Å²) in [6.45, 7) is 5.09. The summed E-state index contributed by atoms with van der Waals surface area (Å²) < 4.78 is 48.0. The van der Waals surface area contributed by atoms with Gasteiger partial charge < -0.3 is 20.3 Å². The number of thiazole rings is 1. The average molecular weight is 782 g/mol. The number of ether oxygens (including phenoxy) is 1. The van der Waals surface area contributed by atoms with E-state index in [4.69, 9.17) is 4.74 Å². The average Bonchev–Trinajstić information content (AvgIpc) is 3.93. The van der Waals surface area contributed by atoms with Crippen LogP contribution in [0.3, 0.4) is 0 Å². The number of benzene rings is 1. The first-order chi connectivity index (χ1) is 25.7. The lowest BCUT2D eigenvalue weighted by molar-refractivity contribution is -0.141. The molecule has 2 aliphatic carbocycles. The number of fused-ring (bicyclic) bond motifs is 3. The third-order valence-corrected chi connectivity index (χ3v) is 14.1. The molecular weight excluding hydrogens is 738 g/mol. The van der Waals surface area contributed by atoms with Gasteiger partial charge in [-0.3, -0.25) is 23.9 Å². The van der Waals surface area contributed by atoms with Crippen LogP contribution in [0.25, 0.3) is 11.0 Å². The highest BCUT2D eigenvalue weighted by atomic mass is 32.2. The summed E-state index contributed by atoms with van der Waals surface area (Å²) in [5, 5.41) is 5.76. The molecule has 4 aliphatic rings. The van der Waals surface area contributed by atoms with Crippen LogP contribution in [-0.2, 0) is 30.8 Å². The van der Waals surface area contributed by atoms with Crippen LogP contribution < -0.4 is 20.1 Å². The molecule has 5 atom stereocenters. The van der Waals surface area contributed by atoms with Gasteiger partial charge >= 0.3 is 0 Å². The summed E-state index contributed by atoms with van der Waals surface area (Å²) in [6, 6.07) is 1.93. The van der Waals surface area contributed by atoms with Crippen LogP contribution in [0.1, 0.15) is 92.7 Å². The van der Waals surface area contributed by atoms with Crippen LogP contribution >= 0.6 is 11.3 Å². The van der Waals surface area contributed by atoms with Crippen molar-refractivity contribution >= 4 is 56.0 Å². The first-order valence-corrected chi connectivity index (χ1v) is 20.8. The molecule has 17 heteroatoms. The molecule has 2 aromatic heterocycles. The standard InChI is InChI=1S/C37H44FN7O7S2/c1-4-25-33(42-28-16-23(38)12-13-26(28)40-25)52-24-17-29-31(46)43-37(35(49)44-54(50,51)36(3)14-15-36)18-22(37)10-8-6-5-7-9-11-27(34(48)45(29)19-24)41-32(47)30-21(2)39-20-53-30/h8,10,12-13,16,20,22,24,27,29H,4-7,9,11,14-15,17-19H2,1-3H3,(H,41,47)(H,43,46)(H,44,49)/t22-,24-,27+,29+,37-/m1/s1. The Morgan fingerprint density at radius 1 is 1.15 bits per heavy atom. The van der Waals surface area contributed by atoms with Gasteiger partial charge in [0.25, 0.3) is 11.8 Å². The van der Waals surface area contributed by atoms with Gasteiger partial charge in [-0.25, -0.2) is 27.8 Å². The van der Waals surface area contributed by atoms with Gasteiger partial charge in [-0.05, 0) is 70.9 Å². The zero-order chi connectivity index (χ0) is 38.4. The van der Waals surface area contributed by atoms with E-state index in [1.807, 2.05) is 19.1 Å². The largest absolute Gasteiger partial charge is 0.471 e. The van der Waals surface area contributed by atoms with E-state index in [2.05, 4.69) is 30.3 Å². The SMILES string of the molecule is CCc1nc2ccc(F)cc2nc1O[C@@H]1C[C@H]2C(=O)N[C@]3(C(=O)NS(=O)(=O)C4(C)CC4)C[C@H]3C=CCCCCC[C@H](NC(=O)c3scnc3C)C(=O)N2C1. The van der Waals surface area contributed by atoms with E-state index in [0.717, 1.165) is 24.2 Å². The number of amides is 4. The summed E-state index contributed by atoms with van der Waals surface area (Å²) in [7, 11) is -4.00. The minimum atomic E-state index is -4.00. The number of halogens is 1. The monoisotopic (exact) mass is 781 g/mol. The van der Waals surface area contributed by atoms with E-state index in [1.165, 1.54) is 23.1 Å². The minimum Gasteiger partial charge on any atom is -0.471 e. The number of carbonyl (C=O) groups is 4. The van der Waals surface area contributed by atoms with Crippen molar-refractivity contribution in [3.8, 4) is 5.88 Å². The molecular formula is C37H44FN7O7S2. The topological polar surface area (TPSA) is 190 Å². The first kappa shape index (κ1) is 37.8. The second-order valence-electron chi connectivity index (χ2n) is 15.0. The maximum atomic E-state index is 14.6. The Balaban J connectivity index is 1.21. The van der Waals surface area contributed by atoms with Crippen LogP contribution in [0.5, 0.6) is 5.88 Å². The maximum absolute atomic E-state index is 14.6. The van der Waals surface area contributed by atoms with E-state index in [0.29, 0.717) is 60.3 Å². The molecule has 4 amide bonds. The van der Waals surface area contributed by atoms with Crippen molar-refractivity contribution in [3.63, 3.8) is 0 Å². The van der Waals surface area contributed by atoms with Crippen molar-refractivity contribution in [3.05, 3.63) is 57.9 Å². The van der Waals surface area contributed by atoms with Crippen molar-refractivity contribution in [1.82, 2.24) is 35.2 Å². The van der Waals surface area contributed by atoms with Crippen LogP contribution in [0.15, 0.2) is 35.9 Å². The Kier molecular flexibility index (Phi) is 10.2. The normalized spacial score (nSPS) is 26.9. The number of carbonyl (C=O) groups excluding carboxylic acids is 4. The van der Waals surface area contributed by atoms with Gasteiger partial charge in [-0.1, -0.05) is 31.9 Å². The molecule has 3 N–H and O–H groups in total. The predicted octanol–water partition coefficient (Wildman–Crippen LogP) is 3.64. The molecule has 4 heterocycles. The smallest absolute Gasteiger partial charge is 0.263 e. The van der Waals surface area contributed by atoms with Crippen molar-refractivity contribution in [2.75, 3.05) is 6.54 Å². The number of sulfonamides is 1. The zero-order valence-corrected chi connectivity index (χ0v) is 32.0. The van der Waals surface area contributed by atoms with Gasteiger partial charge in [-0.15, -0.1) is 11.3 Å². The Morgan fingerprint density at radius 2 is 1.94 bits per heavy atom. The fourth-order valence-electron chi connectivity index (χ4n) is 7.22. The van der Waals surface area contributed by atoms with Gasteiger partial charge in [0.1, 0.15) is 40.1 Å². The summed E-state index contributed by atoms with van der Waals surface area (Å²) in [4.78, 5) is 71.3. The molecule has 288 valence electrons. The van der Waals surface area contributed by atoms with Gasteiger partial charge in [0.15, 0.2) is 0 Å². The Labute approximate surface area is 316 Å². The van der Waals surface area contributed by atoms with Gasteiger partial charge in [0, 0.05) is 18.4 Å². The second kappa shape index (κ2) is 14.6. The van der Waals surface area contributed by atoms with Gasteiger partial charge in [-0.2, -0.15) is 0 Å². The van der Waals surface area contributed by atoms with Crippen LogP contribution in [0.4, 0.5) is 4.39 Å². The molecule has 0 spiro atoms. The number of rotatable bonds is 8. The first-order valence-electron chi connectivity index (χ1n) is 18.4. The van der Waals surface area contributed by atoms with E-state index in [1.54, 1.807) is 19.4 Å². The number of hydrogen-bond acceptors (Lipinski definition) is 11. The molecule has 7 rings (SSSR count). The number of aryl methyl sites for hydroxylation is 2. The molecule has 3 fully saturated rings. The van der Waals surface area contributed by atoms with E-state index >= 15 is 0 Å². The fourth-order valence-corrected chi connectivity index (χ4v) is 9.24. The summed E-state index contributed by atoms with van der Waals surface area (Å²) in [6.07, 6.45) is 7.63. The van der Waals surface area contributed by atoms with Crippen molar-refractivity contribution in [2.24, 2.45) is 5.92 Å². The molecule has 54 heavy (non-hydrogen) atoms. The summed E-state index contributed by atoms with van der Waals surface area (Å²) in [5.74, 6) is -3.23. The van der Waals surface area contributed by atoms with E-state index < -0.39 is 73.9 Å². The molecule has 1 aromatic carbocycles.